The minimum Gasteiger partial charge on any atom is -0.334 e. The molecule has 2 bridgehead atoms. The third-order valence-electron chi connectivity index (χ3n) is 5.95. The number of likely N-dealkylation sites (tertiary alicyclic amines) is 1. The third-order valence-corrected chi connectivity index (χ3v) is 5.95. The van der Waals surface area contributed by atoms with Gasteiger partial charge in [-0.2, -0.15) is 5.10 Å². The van der Waals surface area contributed by atoms with Crippen molar-refractivity contribution in [2.45, 2.75) is 31.3 Å². The van der Waals surface area contributed by atoms with Crippen molar-refractivity contribution in [2.75, 3.05) is 20.1 Å². The summed E-state index contributed by atoms with van der Waals surface area (Å²) in [5.41, 5.74) is 2.67. The second-order valence-electron chi connectivity index (χ2n) is 8.08. The lowest BCUT2D eigenvalue weighted by atomic mass is 10.1. The summed E-state index contributed by atoms with van der Waals surface area (Å²) in [6.07, 6.45) is 9.99. The maximum Gasteiger partial charge on any atom is 0.229 e. The van der Waals surface area contributed by atoms with Crippen molar-refractivity contribution in [1.82, 2.24) is 29.5 Å². The number of aromatic nitrogens is 4. The minimum atomic E-state index is 0.203. The highest BCUT2D eigenvalue weighted by molar-refractivity contribution is 5.86. The molecule has 3 aromatic rings. The molecule has 5 rings (SSSR count). The Morgan fingerprint density at radius 1 is 1.04 bits per heavy atom. The number of aryl methyl sites for hydroxylation is 1. The van der Waals surface area contributed by atoms with E-state index in [4.69, 9.17) is 0 Å². The molecule has 2 saturated heterocycles. The molecule has 0 N–H and O–H groups in total. The smallest absolute Gasteiger partial charge is 0.229 e. The Morgan fingerprint density at radius 3 is 2.50 bits per heavy atom. The number of nitrogens with zero attached hydrogens (tertiary/aromatic N) is 6. The molecule has 144 valence electrons. The largest absolute Gasteiger partial charge is 0.334 e. The Morgan fingerprint density at radius 2 is 1.79 bits per heavy atom. The predicted molar refractivity (Wildman–Crippen MR) is 107 cm³/mol. The molecule has 0 radical (unpaired) electrons. The summed E-state index contributed by atoms with van der Waals surface area (Å²) in [7, 11) is 4.04. The van der Waals surface area contributed by atoms with E-state index in [0.717, 1.165) is 53.7 Å². The Bertz CT molecular complexity index is 1030. The number of amides is 1. The maximum atomic E-state index is 13.0. The molecule has 0 spiro atoms. The third kappa shape index (κ3) is 3.05. The Labute approximate surface area is 164 Å². The molecule has 2 atom stereocenters. The van der Waals surface area contributed by atoms with Crippen LogP contribution in [-0.2, 0) is 18.3 Å². The zero-order chi connectivity index (χ0) is 19.3. The topological polar surface area (TPSA) is 67.2 Å². The molecule has 2 aliphatic heterocycles. The molecule has 2 unspecified atom stereocenters. The number of carbonyl (C=O) groups excluding carboxylic acids is 1. The van der Waals surface area contributed by atoms with Gasteiger partial charge in [0.05, 0.1) is 24.0 Å². The summed E-state index contributed by atoms with van der Waals surface area (Å²) >= 11 is 0. The molecular weight excluding hydrogens is 352 g/mol. The van der Waals surface area contributed by atoms with Crippen LogP contribution in [0.15, 0.2) is 36.9 Å². The number of hydrogen-bond acceptors (Lipinski definition) is 5. The van der Waals surface area contributed by atoms with Crippen LogP contribution in [0.2, 0.25) is 0 Å². The molecule has 3 aromatic heterocycles. The lowest BCUT2D eigenvalue weighted by Gasteiger charge is -2.39. The van der Waals surface area contributed by atoms with Crippen LogP contribution in [0.3, 0.4) is 0 Å². The molecule has 0 saturated carbocycles. The lowest BCUT2D eigenvalue weighted by molar-refractivity contribution is -0.135. The molecule has 5 heterocycles. The zero-order valence-corrected chi connectivity index (χ0v) is 16.2. The quantitative estimate of drug-likeness (QED) is 0.698. The number of piperazine rings is 1. The Hall–Kier alpha value is -2.80. The van der Waals surface area contributed by atoms with Crippen molar-refractivity contribution in [3.8, 4) is 11.3 Å². The number of fused-ring (bicyclic) bond motifs is 3. The first-order valence-electron chi connectivity index (χ1n) is 9.80. The maximum absolute atomic E-state index is 13.0. The van der Waals surface area contributed by atoms with Crippen molar-refractivity contribution in [1.29, 1.82) is 0 Å². The fourth-order valence-electron chi connectivity index (χ4n) is 4.66. The van der Waals surface area contributed by atoms with Crippen LogP contribution in [0, 0.1) is 0 Å². The van der Waals surface area contributed by atoms with Crippen molar-refractivity contribution in [3.63, 3.8) is 0 Å². The van der Waals surface area contributed by atoms with E-state index in [9.17, 15) is 4.79 Å². The van der Waals surface area contributed by atoms with Crippen LogP contribution in [0.1, 0.15) is 18.5 Å². The molecule has 28 heavy (non-hydrogen) atoms. The van der Waals surface area contributed by atoms with E-state index in [1.54, 1.807) is 4.68 Å². The second kappa shape index (κ2) is 6.67. The van der Waals surface area contributed by atoms with E-state index in [1.165, 1.54) is 0 Å². The van der Waals surface area contributed by atoms with Gasteiger partial charge >= 0.3 is 0 Å². The van der Waals surface area contributed by atoms with Gasteiger partial charge in [-0.25, -0.2) is 0 Å². The van der Waals surface area contributed by atoms with E-state index in [1.807, 2.05) is 44.0 Å². The SMILES string of the molecule is CN1CC2CCC(C1)N2C(=O)Cc1cc2cc(-c3cnn(C)c3)ncc2cn1. The standard InChI is InChI=1S/C21H24N6O/c1-25-12-18-3-4-19(13-25)27(18)21(28)7-17-5-14-6-20(16-10-24-26(2)11-16)23-9-15(14)8-22-17/h5-6,8-11,18-19H,3-4,7,12-13H2,1-2H3. The Balaban J connectivity index is 1.39. The fraction of sp³-hybridized carbons (Fsp3) is 0.429. The number of pyridine rings is 2. The van der Waals surface area contributed by atoms with E-state index < -0.39 is 0 Å². The summed E-state index contributed by atoms with van der Waals surface area (Å²) in [5.74, 6) is 0.203. The fourth-order valence-corrected chi connectivity index (χ4v) is 4.66. The van der Waals surface area contributed by atoms with E-state index in [0.29, 0.717) is 18.5 Å². The van der Waals surface area contributed by atoms with Gasteiger partial charge in [-0.1, -0.05) is 0 Å². The highest BCUT2D eigenvalue weighted by atomic mass is 16.2. The van der Waals surface area contributed by atoms with Gasteiger partial charge in [0.15, 0.2) is 0 Å². The molecule has 2 fully saturated rings. The van der Waals surface area contributed by atoms with Crippen molar-refractivity contribution < 1.29 is 4.79 Å². The molecule has 7 nitrogen and oxygen atoms in total. The highest BCUT2D eigenvalue weighted by Gasteiger charge is 2.41. The molecular formula is C21H24N6O. The molecule has 1 amide bonds. The van der Waals surface area contributed by atoms with Gasteiger partial charge in [-0.05, 0) is 37.4 Å². The average molecular weight is 376 g/mol. The molecule has 0 aliphatic carbocycles. The summed E-state index contributed by atoms with van der Waals surface area (Å²) < 4.78 is 1.77. The van der Waals surface area contributed by atoms with E-state index in [-0.39, 0.29) is 5.91 Å². The van der Waals surface area contributed by atoms with Gasteiger partial charge in [0.1, 0.15) is 0 Å². The van der Waals surface area contributed by atoms with E-state index in [2.05, 4.69) is 31.9 Å². The van der Waals surface area contributed by atoms with Gasteiger partial charge < -0.3 is 9.80 Å². The summed E-state index contributed by atoms with van der Waals surface area (Å²) in [4.78, 5) is 26.5. The van der Waals surface area contributed by atoms with Gasteiger partial charge in [0.2, 0.25) is 5.91 Å². The van der Waals surface area contributed by atoms with E-state index >= 15 is 0 Å². The van der Waals surface area contributed by atoms with Gasteiger partial charge in [-0.15, -0.1) is 0 Å². The van der Waals surface area contributed by atoms with Crippen molar-refractivity contribution in [3.05, 3.63) is 42.6 Å². The first kappa shape index (κ1) is 17.3. The van der Waals surface area contributed by atoms with Crippen molar-refractivity contribution >= 4 is 16.7 Å². The second-order valence-corrected chi connectivity index (χ2v) is 8.08. The average Bonchev–Trinajstić information content (AvgIpc) is 3.22. The van der Waals surface area contributed by atoms with Crippen LogP contribution in [-0.4, -0.2) is 67.7 Å². The monoisotopic (exact) mass is 376 g/mol. The zero-order valence-electron chi connectivity index (χ0n) is 16.2. The number of rotatable bonds is 3. The molecule has 7 heteroatoms. The van der Waals surface area contributed by atoms with Crippen LogP contribution >= 0.6 is 0 Å². The summed E-state index contributed by atoms with van der Waals surface area (Å²) in [6.45, 7) is 1.96. The highest BCUT2D eigenvalue weighted by Crippen LogP contribution is 2.30. The number of carbonyl (C=O) groups is 1. The van der Waals surface area contributed by atoms with Crippen LogP contribution in [0.5, 0.6) is 0 Å². The van der Waals surface area contributed by atoms with Crippen LogP contribution in [0.25, 0.3) is 22.0 Å². The number of likely N-dealkylation sites (N-methyl/N-ethyl adjacent to an activating group) is 1. The van der Waals surface area contributed by atoms with Gasteiger partial charge in [0, 0.05) is 61.8 Å². The van der Waals surface area contributed by atoms with Crippen molar-refractivity contribution in [2.24, 2.45) is 7.05 Å². The van der Waals surface area contributed by atoms with Crippen LogP contribution < -0.4 is 0 Å². The number of hydrogen-bond donors (Lipinski definition) is 0. The normalized spacial score (nSPS) is 22.1. The molecule has 0 aromatic carbocycles. The van der Waals surface area contributed by atoms with Gasteiger partial charge in [-0.3, -0.25) is 19.4 Å². The molecule has 2 aliphatic rings. The summed E-state index contributed by atoms with van der Waals surface area (Å²) in [6, 6.07) is 4.78. The summed E-state index contributed by atoms with van der Waals surface area (Å²) in [5, 5.41) is 6.24. The van der Waals surface area contributed by atoms with Gasteiger partial charge in [0.25, 0.3) is 0 Å². The lowest BCUT2D eigenvalue weighted by Crippen LogP contribution is -2.55. The minimum absolute atomic E-state index is 0.203. The van der Waals surface area contributed by atoms with Crippen LogP contribution in [0.4, 0.5) is 0 Å². The Kier molecular flexibility index (Phi) is 4.12. The first-order valence-corrected chi connectivity index (χ1v) is 9.80. The predicted octanol–water partition coefficient (Wildman–Crippen LogP) is 1.88. The first-order chi connectivity index (χ1) is 13.6.